The molecule has 0 aliphatic heterocycles. The first-order valence-corrected chi connectivity index (χ1v) is 11.0. The highest BCUT2D eigenvalue weighted by molar-refractivity contribution is 7.86. The number of allylic oxidation sites excluding steroid dienone is 1. The second kappa shape index (κ2) is 11.1. The Hall–Kier alpha value is -1.82. The Labute approximate surface area is 160 Å². The normalized spacial score (nSPS) is 12.7. The maximum Gasteiger partial charge on any atom is 0.264 e. The van der Waals surface area contributed by atoms with Crippen LogP contribution >= 0.6 is 0 Å². The molecule has 0 radical (unpaired) electrons. The highest BCUT2D eigenvalue weighted by atomic mass is 32.2. The van der Waals surface area contributed by atoms with Gasteiger partial charge in [-0.3, -0.25) is 9.11 Å². The molecule has 0 aliphatic carbocycles. The Morgan fingerprint density at radius 2 is 1.30 bits per heavy atom. The first-order chi connectivity index (χ1) is 12.3. The number of methoxy groups -OCH3 is 1. The smallest absolute Gasteiger partial charge is 0.264 e. The van der Waals surface area contributed by atoms with E-state index in [1.807, 2.05) is 0 Å². The zero-order valence-electron chi connectivity index (χ0n) is 15.4. The van der Waals surface area contributed by atoms with Crippen molar-refractivity contribution < 1.29 is 40.2 Å². The summed E-state index contributed by atoms with van der Waals surface area (Å²) in [6.07, 6.45) is 0.0887. The molecule has 0 spiro atoms. The summed E-state index contributed by atoms with van der Waals surface area (Å²) >= 11 is 0. The summed E-state index contributed by atoms with van der Waals surface area (Å²) in [6.45, 7) is 12.8. The quantitative estimate of drug-likeness (QED) is 0.185. The second-order valence-electron chi connectivity index (χ2n) is 5.46. The Kier molecular flexibility index (Phi) is 10.4. The molecule has 0 heterocycles. The largest absolute Gasteiger partial charge is 0.497 e. The van der Waals surface area contributed by atoms with E-state index in [-0.39, 0.29) is 48.9 Å². The maximum absolute atomic E-state index is 10.8. The lowest BCUT2D eigenvalue weighted by Crippen LogP contribution is -2.11. The molecule has 0 bridgehead atoms. The minimum atomic E-state index is -4.10. The maximum atomic E-state index is 10.8. The third-order valence-corrected chi connectivity index (χ3v) is 4.84. The van der Waals surface area contributed by atoms with Crippen molar-refractivity contribution in [2.75, 3.05) is 31.8 Å². The van der Waals surface area contributed by atoms with E-state index in [0.717, 1.165) is 0 Å². The second-order valence-corrected chi connectivity index (χ2v) is 8.60. The third-order valence-electron chi connectivity index (χ3n) is 3.23. The van der Waals surface area contributed by atoms with E-state index in [9.17, 15) is 16.8 Å². The molecule has 9 nitrogen and oxygen atoms in total. The van der Waals surface area contributed by atoms with E-state index in [1.54, 1.807) is 6.92 Å². The van der Waals surface area contributed by atoms with Crippen molar-refractivity contribution in [3.05, 3.63) is 48.2 Å². The first kappa shape index (κ1) is 25.2. The molecule has 0 aromatic heterocycles. The monoisotopic (exact) mass is 426 g/mol. The fraction of sp³-hybridized carbons (Fsp3) is 0.500. The average Bonchev–Trinajstić information content (AvgIpc) is 2.54. The Balaban J connectivity index is 5.09. The predicted octanol–water partition coefficient (Wildman–Crippen LogP) is 2.08. The number of rotatable bonds is 14. The van der Waals surface area contributed by atoms with Crippen LogP contribution in [0.1, 0.15) is 19.8 Å². The highest BCUT2D eigenvalue weighted by Gasteiger charge is 2.16. The van der Waals surface area contributed by atoms with Crippen molar-refractivity contribution in [1.82, 2.24) is 0 Å². The minimum absolute atomic E-state index is 0.0102. The van der Waals surface area contributed by atoms with Crippen molar-refractivity contribution >= 4 is 20.2 Å². The molecule has 0 unspecified atom stereocenters. The molecule has 0 aromatic rings. The minimum Gasteiger partial charge on any atom is -0.497 e. The van der Waals surface area contributed by atoms with Crippen molar-refractivity contribution in [3.8, 4) is 0 Å². The van der Waals surface area contributed by atoms with Crippen LogP contribution in [0.2, 0.25) is 0 Å². The Morgan fingerprint density at radius 3 is 1.70 bits per heavy atom. The summed E-state index contributed by atoms with van der Waals surface area (Å²) < 4.78 is 76.3. The standard InChI is InChI=1S/C16H26O9S2/c1-12(14(3)23-5)16(25-9-7-11-27(20,21)22)13(2)15(4)24-8-6-10-26(17,18)19/h1,3-4,6-11H2,2,5H3,(H,17,18,19)(H,20,21,22). The zero-order chi connectivity index (χ0) is 21.3. The number of hydrogen-bond donors (Lipinski definition) is 2. The first-order valence-electron chi connectivity index (χ1n) is 7.77. The van der Waals surface area contributed by atoms with Gasteiger partial charge in [-0.2, -0.15) is 16.8 Å². The van der Waals surface area contributed by atoms with Crippen LogP contribution in [-0.4, -0.2) is 57.8 Å². The van der Waals surface area contributed by atoms with Gasteiger partial charge in [-0.25, -0.2) is 0 Å². The van der Waals surface area contributed by atoms with Gasteiger partial charge in [-0.15, -0.1) is 0 Å². The van der Waals surface area contributed by atoms with Crippen LogP contribution < -0.4 is 0 Å². The van der Waals surface area contributed by atoms with Gasteiger partial charge in [0, 0.05) is 5.57 Å². The van der Waals surface area contributed by atoms with E-state index in [1.165, 1.54) is 7.11 Å². The molecule has 0 saturated carbocycles. The van der Waals surface area contributed by atoms with Crippen molar-refractivity contribution in [2.24, 2.45) is 0 Å². The third kappa shape index (κ3) is 11.5. The lowest BCUT2D eigenvalue weighted by molar-refractivity contribution is 0.195. The SMILES string of the molecule is C=C(OC)C(=C)C(OCCCS(=O)(=O)O)=C(C)C(=C)OCCCS(=O)(=O)O. The molecule has 0 saturated heterocycles. The van der Waals surface area contributed by atoms with Gasteiger partial charge in [0.2, 0.25) is 0 Å². The molecule has 2 N–H and O–H groups in total. The van der Waals surface area contributed by atoms with Crippen molar-refractivity contribution in [2.45, 2.75) is 19.8 Å². The van der Waals surface area contributed by atoms with Crippen LogP contribution in [-0.2, 0) is 34.4 Å². The van der Waals surface area contributed by atoms with E-state index < -0.39 is 31.7 Å². The van der Waals surface area contributed by atoms with Crippen LogP contribution in [0.25, 0.3) is 0 Å². The molecule has 156 valence electrons. The van der Waals surface area contributed by atoms with Crippen molar-refractivity contribution in [3.63, 3.8) is 0 Å². The molecule has 0 amide bonds. The molecule has 27 heavy (non-hydrogen) atoms. The molecule has 0 atom stereocenters. The summed E-state index contributed by atoms with van der Waals surface area (Å²) in [5.41, 5.74) is 0.696. The topological polar surface area (TPSA) is 136 Å². The molecule has 0 rings (SSSR count). The van der Waals surface area contributed by atoms with E-state index in [0.29, 0.717) is 5.57 Å². The summed E-state index contributed by atoms with van der Waals surface area (Å²) in [7, 11) is -6.78. The van der Waals surface area contributed by atoms with Crippen molar-refractivity contribution in [1.29, 1.82) is 0 Å². The molecule has 0 fully saturated rings. The fourth-order valence-corrected chi connectivity index (χ4v) is 2.72. The van der Waals surface area contributed by atoms with Gasteiger partial charge in [0.05, 0.1) is 37.4 Å². The van der Waals surface area contributed by atoms with Gasteiger partial charge in [0.1, 0.15) is 17.3 Å². The van der Waals surface area contributed by atoms with Crippen LogP contribution in [0.4, 0.5) is 0 Å². The van der Waals surface area contributed by atoms with E-state index in [4.69, 9.17) is 23.3 Å². The predicted molar refractivity (Wildman–Crippen MR) is 101 cm³/mol. The fourth-order valence-electron chi connectivity index (χ4n) is 1.76. The molecular formula is C16H26O9S2. The lowest BCUT2D eigenvalue weighted by Gasteiger charge is -2.18. The highest BCUT2D eigenvalue weighted by Crippen LogP contribution is 2.25. The molecule has 0 aromatic carbocycles. The average molecular weight is 427 g/mol. The van der Waals surface area contributed by atoms with Gasteiger partial charge in [0.25, 0.3) is 20.2 Å². The summed E-state index contributed by atoms with van der Waals surface area (Å²) in [5.74, 6) is -0.338. The van der Waals surface area contributed by atoms with Crippen LogP contribution in [0.3, 0.4) is 0 Å². The van der Waals surface area contributed by atoms with Gasteiger partial charge in [-0.05, 0) is 19.8 Å². The summed E-state index contributed by atoms with van der Waals surface area (Å²) in [4.78, 5) is 0. The molecular weight excluding hydrogens is 400 g/mol. The van der Waals surface area contributed by atoms with E-state index >= 15 is 0 Å². The Bertz CT molecular complexity index is 790. The van der Waals surface area contributed by atoms with Crippen LogP contribution in [0.5, 0.6) is 0 Å². The molecule has 0 aliphatic rings. The zero-order valence-corrected chi connectivity index (χ0v) is 17.1. The molecule has 11 heteroatoms. The lowest BCUT2D eigenvalue weighted by atomic mass is 10.1. The van der Waals surface area contributed by atoms with Crippen LogP contribution in [0, 0.1) is 0 Å². The number of ether oxygens (including phenoxy) is 3. The summed E-state index contributed by atoms with van der Waals surface area (Å²) in [6, 6.07) is 0. The summed E-state index contributed by atoms with van der Waals surface area (Å²) in [5, 5.41) is 0. The van der Waals surface area contributed by atoms with Gasteiger partial charge < -0.3 is 14.2 Å². The Morgan fingerprint density at radius 1 is 0.852 bits per heavy atom. The number of hydrogen-bond acceptors (Lipinski definition) is 7. The van der Waals surface area contributed by atoms with Gasteiger partial charge >= 0.3 is 0 Å². The van der Waals surface area contributed by atoms with E-state index in [2.05, 4.69) is 19.7 Å². The van der Waals surface area contributed by atoms with Gasteiger partial charge in [0.15, 0.2) is 0 Å². The van der Waals surface area contributed by atoms with Gasteiger partial charge in [-0.1, -0.05) is 19.7 Å². The van der Waals surface area contributed by atoms with Crippen LogP contribution in [0.15, 0.2) is 48.2 Å².